The van der Waals surface area contributed by atoms with Crippen LogP contribution in [-0.4, -0.2) is 44.8 Å². The maximum atomic E-state index is 13.1. The van der Waals surface area contributed by atoms with E-state index in [0.717, 1.165) is 24.9 Å². The van der Waals surface area contributed by atoms with Gasteiger partial charge in [0.2, 0.25) is 15.9 Å². The van der Waals surface area contributed by atoms with E-state index in [2.05, 4.69) is 11.9 Å². The molecule has 160 valence electrons. The van der Waals surface area contributed by atoms with Crippen LogP contribution in [0.25, 0.3) is 0 Å². The average molecular weight is 428 g/mol. The Balaban J connectivity index is 1.75. The minimum absolute atomic E-state index is 0.0506. The van der Waals surface area contributed by atoms with Crippen molar-refractivity contribution in [3.05, 3.63) is 66.7 Å². The molecule has 1 aliphatic heterocycles. The predicted molar refractivity (Wildman–Crippen MR) is 121 cm³/mol. The molecular formula is C23H29N3O3S. The second-order valence-corrected chi connectivity index (χ2v) is 9.33. The molecule has 2 aromatic carbocycles. The van der Waals surface area contributed by atoms with Crippen molar-refractivity contribution in [3.63, 3.8) is 0 Å². The third-order valence-corrected chi connectivity index (χ3v) is 7.29. The van der Waals surface area contributed by atoms with Crippen molar-refractivity contribution < 1.29 is 13.2 Å². The summed E-state index contributed by atoms with van der Waals surface area (Å²) in [6.07, 6.45) is 4.53. The van der Waals surface area contributed by atoms with Gasteiger partial charge in [0.15, 0.2) is 0 Å². The molecule has 0 bridgehead atoms. The summed E-state index contributed by atoms with van der Waals surface area (Å²) in [4.78, 5) is 14.7. The van der Waals surface area contributed by atoms with E-state index in [-0.39, 0.29) is 12.5 Å². The fourth-order valence-corrected chi connectivity index (χ4v) is 5.36. The SMILES string of the molecule is C=CCN(C(=O)CNc1ccc(C)c(S(=O)(=O)N2CCCCC2)c1)c1ccccc1. The first-order chi connectivity index (χ1) is 14.4. The van der Waals surface area contributed by atoms with Gasteiger partial charge in [0.05, 0.1) is 11.4 Å². The highest BCUT2D eigenvalue weighted by atomic mass is 32.2. The number of nitrogens with zero attached hydrogens (tertiary/aromatic N) is 2. The number of hydrogen-bond acceptors (Lipinski definition) is 4. The van der Waals surface area contributed by atoms with Gasteiger partial charge < -0.3 is 10.2 Å². The first-order valence-electron chi connectivity index (χ1n) is 10.2. The largest absolute Gasteiger partial charge is 0.376 e. The van der Waals surface area contributed by atoms with Gasteiger partial charge in [-0.1, -0.05) is 36.8 Å². The van der Waals surface area contributed by atoms with Crippen molar-refractivity contribution in [1.29, 1.82) is 0 Å². The fourth-order valence-electron chi connectivity index (χ4n) is 3.59. The maximum absolute atomic E-state index is 13.1. The number of carbonyl (C=O) groups is 1. The Morgan fingerprint density at radius 2 is 1.83 bits per heavy atom. The summed E-state index contributed by atoms with van der Waals surface area (Å²) in [5, 5.41) is 3.09. The molecule has 1 fully saturated rings. The van der Waals surface area contributed by atoms with Crippen LogP contribution in [0.15, 0.2) is 66.1 Å². The van der Waals surface area contributed by atoms with Crippen molar-refractivity contribution >= 4 is 27.3 Å². The molecule has 0 aromatic heterocycles. The molecule has 30 heavy (non-hydrogen) atoms. The maximum Gasteiger partial charge on any atom is 0.246 e. The summed E-state index contributed by atoms with van der Waals surface area (Å²) < 4.78 is 27.7. The van der Waals surface area contributed by atoms with E-state index in [1.807, 2.05) is 30.3 Å². The number of hydrogen-bond donors (Lipinski definition) is 1. The lowest BCUT2D eigenvalue weighted by atomic mass is 10.2. The Kier molecular flexibility index (Phi) is 7.29. The molecular weight excluding hydrogens is 398 g/mol. The first kappa shape index (κ1) is 22.1. The second-order valence-electron chi connectivity index (χ2n) is 7.43. The zero-order valence-corrected chi connectivity index (χ0v) is 18.2. The Hall–Kier alpha value is -2.64. The molecule has 2 aromatic rings. The molecule has 1 N–H and O–H groups in total. The number of nitrogens with one attached hydrogen (secondary N) is 1. The van der Waals surface area contributed by atoms with Gasteiger partial charge in [0.25, 0.3) is 0 Å². The number of benzene rings is 2. The van der Waals surface area contributed by atoms with Crippen LogP contribution in [0, 0.1) is 6.92 Å². The summed E-state index contributed by atoms with van der Waals surface area (Å²) >= 11 is 0. The van der Waals surface area contributed by atoms with Crippen molar-refractivity contribution in [2.24, 2.45) is 0 Å². The second kappa shape index (κ2) is 9.91. The van der Waals surface area contributed by atoms with E-state index in [9.17, 15) is 13.2 Å². The van der Waals surface area contributed by atoms with Gasteiger partial charge in [-0.25, -0.2) is 8.42 Å². The number of anilines is 2. The van der Waals surface area contributed by atoms with Gasteiger partial charge in [-0.05, 0) is 49.6 Å². The molecule has 0 unspecified atom stereocenters. The summed E-state index contributed by atoms with van der Waals surface area (Å²) in [5.74, 6) is -0.123. The Morgan fingerprint density at radius 3 is 2.50 bits per heavy atom. The zero-order chi connectivity index (χ0) is 21.6. The molecule has 3 rings (SSSR count). The van der Waals surface area contributed by atoms with Crippen LogP contribution in [-0.2, 0) is 14.8 Å². The summed E-state index contributed by atoms with van der Waals surface area (Å²) in [6, 6.07) is 14.6. The minimum Gasteiger partial charge on any atom is -0.376 e. The van der Waals surface area contributed by atoms with Crippen molar-refractivity contribution in [2.75, 3.05) is 36.4 Å². The molecule has 1 aliphatic rings. The normalized spacial score (nSPS) is 14.8. The van der Waals surface area contributed by atoms with Crippen molar-refractivity contribution in [2.45, 2.75) is 31.1 Å². The van der Waals surface area contributed by atoms with E-state index < -0.39 is 10.0 Å². The number of sulfonamides is 1. The monoisotopic (exact) mass is 427 g/mol. The molecule has 0 saturated carbocycles. The zero-order valence-electron chi connectivity index (χ0n) is 17.4. The molecule has 6 nitrogen and oxygen atoms in total. The van der Waals surface area contributed by atoms with Crippen LogP contribution in [0.5, 0.6) is 0 Å². The number of amides is 1. The lowest BCUT2D eigenvalue weighted by Crippen LogP contribution is -2.36. The van der Waals surface area contributed by atoms with E-state index in [1.165, 1.54) is 0 Å². The molecule has 0 spiro atoms. The molecule has 1 amide bonds. The van der Waals surface area contributed by atoms with Gasteiger partial charge in [0, 0.05) is 31.0 Å². The van der Waals surface area contributed by atoms with Crippen LogP contribution >= 0.6 is 0 Å². The lowest BCUT2D eigenvalue weighted by Gasteiger charge is -2.27. The number of carbonyl (C=O) groups excluding carboxylic acids is 1. The third kappa shape index (κ3) is 5.09. The Morgan fingerprint density at radius 1 is 1.13 bits per heavy atom. The molecule has 0 aliphatic carbocycles. The average Bonchev–Trinajstić information content (AvgIpc) is 2.77. The number of para-hydroxylation sites is 1. The van der Waals surface area contributed by atoms with Crippen LogP contribution in [0.1, 0.15) is 24.8 Å². The van der Waals surface area contributed by atoms with E-state index in [0.29, 0.717) is 35.8 Å². The molecule has 1 heterocycles. The van der Waals surface area contributed by atoms with E-state index >= 15 is 0 Å². The van der Waals surface area contributed by atoms with Crippen molar-refractivity contribution in [3.8, 4) is 0 Å². The van der Waals surface area contributed by atoms with Gasteiger partial charge in [-0.15, -0.1) is 6.58 Å². The van der Waals surface area contributed by atoms with Crippen LogP contribution in [0.4, 0.5) is 11.4 Å². The summed E-state index contributed by atoms with van der Waals surface area (Å²) in [6.45, 7) is 7.10. The smallest absolute Gasteiger partial charge is 0.246 e. The minimum atomic E-state index is -3.54. The fraction of sp³-hybridized carbons (Fsp3) is 0.348. The van der Waals surface area contributed by atoms with Gasteiger partial charge in [-0.3, -0.25) is 4.79 Å². The van der Waals surface area contributed by atoms with E-state index in [1.54, 1.807) is 40.4 Å². The standard InChI is InChI=1S/C23H29N3O3S/c1-3-14-26(21-10-6-4-7-11-21)23(27)18-24-20-13-12-19(2)22(17-20)30(28,29)25-15-8-5-9-16-25/h3-4,6-7,10-13,17,24H,1,5,8-9,14-16,18H2,2H3. The van der Waals surface area contributed by atoms with E-state index in [4.69, 9.17) is 0 Å². The lowest BCUT2D eigenvalue weighted by molar-refractivity contribution is -0.116. The highest BCUT2D eigenvalue weighted by Crippen LogP contribution is 2.26. The van der Waals surface area contributed by atoms with Crippen molar-refractivity contribution in [1.82, 2.24) is 4.31 Å². The van der Waals surface area contributed by atoms with Crippen LogP contribution in [0.3, 0.4) is 0 Å². The summed E-state index contributed by atoms with van der Waals surface area (Å²) in [5.41, 5.74) is 2.10. The summed E-state index contributed by atoms with van der Waals surface area (Å²) in [7, 11) is -3.54. The highest BCUT2D eigenvalue weighted by Gasteiger charge is 2.27. The first-order valence-corrected chi connectivity index (χ1v) is 11.7. The number of rotatable bonds is 8. The molecule has 1 saturated heterocycles. The van der Waals surface area contributed by atoms with Gasteiger partial charge >= 0.3 is 0 Å². The Labute approximate surface area is 179 Å². The molecule has 0 atom stereocenters. The van der Waals surface area contributed by atoms with Gasteiger partial charge in [0.1, 0.15) is 0 Å². The molecule has 0 radical (unpaired) electrons. The highest BCUT2D eigenvalue weighted by molar-refractivity contribution is 7.89. The van der Waals surface area contributed by atoms with Gasteiger partial charge in [-0.2, -0.15) is 4.31 Å². The topological polar surface area (TPSA) is 69.7 Å². The van der Waals surface area contributed by atoms with Crippen LogP contribution < -0.4 is 10.2 Å². The number of piperidine rings is 1. The Bertz CT molecular complexity index is 984. The quantitative estimate of drug-likeness (QED) is 0.651. The molecule has 7 heteroatoms. The third-order valence-electron chi connectivity index (χ3n) is 5.25. The number of aryl methyl sites for hydroxylation is 1. The predicted octanol–water partition coefficient (Wildman–Crippen LogP) is 3.80. The van der Waals surface area contributed by atoms with Crippen LogP contribution in [0.2, 0.25) is 0 Å².